The largest absolute Gasteiger partial charge is 0.494 e. The van der Waals surface area contributed by atoms with Crippen LogP contribution in [0.15, 0.2) is 18.2 Å². The lowest BCUT2D eigenvalue weighted by atomic mass is 9.94. The van der Waals surface area contributed by atoms with E-state index in [-0.39, 0.29) is 11.9 Å². The lowest BCUT2D eigenvalue weighted by molar-refractivity contribution is -0.124. The summed E-state index contributed by atoms with van der Waals surface area (Å²) in [5, 5.41) is 3.24. The number of hydrogen-bond acceptors (Lipinski definition) is 3. The van der Waals surface area contributed by atoms with Gasteiger partial charge in [0.2, 0.25) is 5.91 Å². The zero-order valence-electron chi connectivity index (χ0n) is 13.8. The predicted octanol–water partition coefficient (Wildman–Crippen LogP) is 2.70. The van der Waals surface area contributed by atoms with Crippen molar-refractivity contribution in [3.8, 4) is 5.75 Å². The van der Waals surface area contributed by atoms with Crippen LogP contribution in [-0.2, 0) is 4.79 Å². The van der Waals surface area contributed by atoms with Gasteiger partial charge in [0.05, 0.1) is 12.1 Å². The van der Waals surface area contributed by atoms with Gasteiger partial charge in [0, 0.05) is 6.04 Å². The van der Waals surface area contributed by atoms with E-state index in [9.17, 15) is 4.79 Å². The summed E-state index contributed by atoms with van der Waals surface area (Å²) in [7, 11) is 0. The summed E-state index contributed by atoms with van der Waals surface area (Å²) in [5.41, 5.74) is 7.21. The number of primary amides is 1. The Bertz CT molecular complexity index is 465. The van der Waals surface area contributed by atoms with E-state index in [1.165, 1.54) is 11.1 Å². The topological polar surface area (TPSA) is 64.3 Å². The average Bonchev–Trinajstić information content (AvgIpc) is 2.32. The minimum absolute atomic E-state index is 0.211. The molecule has 1 amide bonds. The molecule has 4 nitrogen and oxygen atoms in total. The van der Waals surface area contributed by atoms with Crippen LogP contribution in [0.3, 0.4) is 0 Å². The smallest absolute Gasteiger partial charge is 0.237 e. The van der Waals surface area contributed by atoms with Gasteiger partial charge in [-0.25, -0.2) is 0 Å². The first-order valence-corrected chi connectivity index (χ1v) is 7.51. The van der Waals surface area contributed by atoms with E-state index in [1.54, 1.807) is 0 Å². The lowest BCUT2D eigenvalue weighted by Crippen LogP contribution is -2.55. The first-order chi connectivity index (χ1) is 9.73. The van der Waals surface area contributed by atoms with Crippen LogP contribution in [0.1, 0.15) is 44.7 Å². The highest BCUT2D eigenvalue weighted by molar-refractivity contribution is 5.84. The summed E-state index contributed by atoms with van der Waals surface area (Å²) >= 11 is 0. The highest BCUT2D eigenvalue weighted by atomic mass is 16.5. The average molecular weight is 292 g/mol. The fourth-order valence-corrected chi connectivity index (χ4v) is 2.54. The summed E-state index contributed by atoms with van der Waals surface area (Å²) in [6.45, 7) is 10.5. The quantitative estimate of drug-likeness (QED) is 0.724. The minimum atomic E-state index is -0.681. The van der Waals surface area contributed by atoms with Gasteiger partial charge in [0.15, 0.2) is 0 Å². The molecule has 4 heteroatoms. The third-order valence-electron chi connectivity index (χ3n) is 3.44. The Morgan fingerprint density at radius 1 is 1.29 bits per heavy atom. The standard InChI is InChI=1S/C17H28N2O2/c1-12(2)19-17(5,16(18)20)7-6-8-21-15-10-13(3)9-14(4)11-15/h9-12,19H,6-8H2,1-5H3,(H2,18,20). The maximum absolute atomic E-state index is 11.6. The first-order valence-electron chi connectivity index (χ1n) is 7.51. The molecule has 0 spiro atoms. The highest BCUT2D eigenvalue weighted by Crippen LogP contribution is 2.18. The lowest BCUT2D eigenvalue weighted by Gasteiger charge is -2.29. The van der Waals surface area contributed by atoms with Gasteiger partial charge in [-0.2, -0.15) is 0 Å². The number of nitrogens with two attached hydrogens (primary N) is 1. The molecule has 0 aliphatic carbocycles. The molecule has 0 aromatic heterocycles. The van der Waals surface area contributed by atoms with Crippen molar-refractivity contribution in [2.75, 3.05) is 6.61 Å². The molecule has 1 unspecified atom stereocenters. The fourth-order valence-electron chi connectivity index (χ4n) is 2.54. The molecule has 1 aromatic rings. The molecule has 0 saturated heterocycles. The normalized spacial score (nSPS) is 14.0. The molecule has 0 aliphatic rings. The molecule has 0 radical (unpaired) electrons. The zero-order valence-corrected chi connectivity index (χ0v) is 13.8. The van der Waals surface area contributed by atoms with E-state index in [2.05, 4.69) is 25.2 Å². The number of hydrogen-bond donors (Lipinski definition) is 2. The van der Waals surface area contributed by atoms with Crippen LogP contribution in [0, 0.1) is 13.8 Å². The van der Waals surface area contributed by atoms with Crippen LogP contribution < -0.4 is 15.8 Å². The maximum Gasteiger partial charge on any atom is 0.237 e. The molecule has 118 valence electrons. The first kappa shape index (κ1) is 17.5. The summed E-state index contributed by atoms with van der Waals surface area (Å²) in [5.74, 6) is 0.563. The molecule has 0 bridgehead atoms. The van der Waals surface area contributed by atoms with Crippen molar-refractivity contribution in [3.63, 3.8) is 0 Å². The Morgan fingerprint density at radius 3 is 2.33 bits per heavy atom. The molecule has 1 atom stereocenters. The number of amides is 1. The monoisotopic (exact) mass is 292 g/mol. The minimum Gasteiger partial charge on any atom is -0.494 e. The van der Waals surface area contributed by atoms with Gasteiger partial charge in [-0.15, -0.1) is 0 Å². The van der Waals surface area contributed by atoms with Crippen LogP contribution >= 0.6 is 0 Å². The number of benzene rings is 1. The van der Waals surface area contributed by atoms with Crippen molar-refractivity contribution in [2.45, 2.75) is 59.0 Å². The van der Waals surface area contributed by atoms with Gasteiger partial charge < -0.3 is 15.8 Å². The molecule has 3 N–H and O–H groups in total. The van der Waals surface area contributed by atoms with Crippen molar-refractivity contribution in [3.05, 3.63) is 29.3 Å². The molecule has 0 heterocycles. The number of nitrogens with one attached hydrogen (secondary N) is 1. The van der Waals surface area contributed by atoms with Crippen LogP contribution in [0.5, 0.6) is 5.75 Å². The molecular formula is C17H28N2O2. The van der Waals surface area contributed by atoms with Gasteiger partial charge in [0.1, 0.15) is 5.75 Å². The summed E-state index contributed by atoms with van der Waals surface area (Å²) in [4.78, 5) is 11.6. The van der Waals surface area contributed by atoms with Crippen molar-refractivity contribution in [2.24, 2.45) is 5.73 Å². The Morgan fingerprint density at radius 2 is 1.86 bits per heavy atom. The number of rotatable bonds is 8. The van der Waals surface area contributed by atoms with Gasteiger partial charge in [-0.05, 0) is 70.7 Å². The van der Waals surface area contributed by atoms with E-state index in [1.807, 2.05) is 32.9 Å². The van der Waals surface area contributed by atoms with Gasteiger partial charge in [-0.3, -0.25) is 4.79 Å². The second kappa shape index (κ2) is 7.46. The molecule has 1 rings (SSSR count). The molecule has 21 heavy (non-hydrogen) atoms. The third kappa shape index (κ3) is 5.76. The second-order valence-electron chi connectivity index (χ2n) is 6.27. The van der Waals surface area contributed by atoms with Crippen LogP contribution in [0.4, 0.5) is 0 Å². The Labute approximate surface area is 128 Å². The second-order valence-corrected chi connectivity index (χ2v) is 6.27. The van der Waals surface area contributed by atoms with Crippen molar-refractivity contribution >= 4 is 5.91 Å². The van der Waals surface area contributed by atoms with E-state index in [0.29, 0.717) is 13.0 Å². The molecule has 1 aromatic carbocycles. The summed E-state index contributed by atoms with van der Waals surface area (Å²) in [6.07, 6.45) is 1.43. The highest BCUT2D eigenvalue weighted by Gasteiger charge is 2.30. The molecule has 0 saturated carbocycles. The summed E-state index contributed by atoms with van der Waals surface area (Å²) in [6, 6.07) is 6.37. The molecular weight excluding hydrogens is 264 g/mol. The van der Waals surface area contributed by atoms with Gasteiger partial charge >= 0.3 is 0 Å². The van der Waals surface area contributed by atoms with Gasteiger partial charge in [0.25, 0.3) is 0 Å². The van der Waals surface area contributed by atoms with E-state index in [4.69, 9.17) is 10.5 Å². The van der Waals surface area contributed by atoms with Crippen LogP contribution in [-0.4, -0.2) is 24.1 Å². The van der Waals surface area contributed by atoms with E-state index in [0.717, 1.165) is 12.2 Å². The van der Waals surface area contributed by atoms with Crippen molar-refractivity contribution < 1.29 is 9.53 Å². The van der Waals surface area contributed by atoms with E-state index < -0.39 is 5.54 Å². The Kier molecular flexibility index (Phi) is 6.21. The Balaban J connectivity index is 2.49. The van der Waals surface area contributed by atoms with E-state index >= 15 is 0 Å². The van der Waals surface area contributed by atoms with Crippen LogP contribution in [0.2, 0.25) is 0 Å². The molecule has 0 fully saturated rings. The van der Waals surface area contributed by atoms with Gasteiger partial charge in [-0.1, -0.05) is 6.07 Å². The zero-order chi connectivity index (χ0) is 16.0. The number of carbonyl (C=O) groups excluding carboxylic acids is 1. The number of carbonyl (C=O) groups is 1. The predicted molar refractivity (Wildman–Crippen MR) is 86.5 cm³/mol. The van der Waals surface area contributed by atoms with Crippen molar-refractivity contribution in [1.29, 1.82) is 0 Å². The Hall–Kier alpha value is -1.55. The SMILES string of the molecule is Cc1cc(C)cc(OCCCC(C)(NC(C)C)C(N)=O)c1. The number of aryl methyl sites for hydroxylation is 2. The summed E-state index contributed by atoms with van der Waals surface area (Å²) < 4.78 is 5.77. The molecule has 0 aliphatic heterocycles. The fraction of sp³-hybridized carbons (Fsp3) is 0.588. The number of ether oxygens (including phenoxy) is 1. The maximum atomic E-state index is 11.6. The van der Waals surface area contributed by atoms with Crippen molar-refractivity contribution in [1.82, 2.24) is 5.32 Å². The van der Waals surface area contributed by atoms with Crippen LogP contribution in [0.25, 0.3) is 0 Å². The third-order valence-corrected chi connectivity index (χ3v) is 3.44.